The van der Waals surface area contributed by atoms with Gasteiger partial charge < -0.3 is 9.31 Å². The van der Waals surface area contributed by atoms with Gasteiger partial charge in [-0.3, -0.25) is 0 Å². The molecule has 2 heterocycles. The molecule has 0 radical (unpaired) electrons. The number of aryl methyl sites for hydroxylation is 1. The number of pyridine rings is 1. The maximum absolute atomic E-state index is 8.98. The molecule has 0 aromatic carbocycles. The van der Waals surface area contributed by atoms with Crippen molar-refractivity contribution < 1.29 is 13.4 Å². The lowest BCUT2D eigenvalue weighted by atomic mass is 9.79. The molecule has 0 atom stereocenters. The van der Waals surface area contributed by atoms with Crippen LogP contribution in [-0.4, -0.2) is 23.3 Å². The Hall–Kier alpha value is -1.38. The smallest absolute Gasteiger partial charge is 0.399 e. The fraction of sp³-hybridized carbons (Fsp3) is 0.538. The number of nitrogens with zero attached hydrogens (tertiary/aromatic N) is 2. The quantitative estimate of drug-likeness (QED) is 0.706. The lowest BCUT2D eigenvalue weighted by molar-refractivity contribution is 0.00578. The minimum absolute atomic E-state index is 0.0859. The predicted molar refractivity (Wildman–Crippen MR) is 69.4 cm³/mol. The fourth-order valence-corrected chi connectivity index (χ4v) is 1.68. The van der Waals surface area contributed by atoms with Crippen molar-refractivity contribution in [2.24, 2.45) is 0 Å². The normalized spacial score (nSPS) is 23.9. The van der Waals surface area contributed by atoms with Crippen LogP contribution in [0.3, 0.4) is 0 Å². The van der Waals surface area contributed by atoms with E-state index in [9.17, 15) is 0 Å². The van der Waals surface area contributed by atoms with Gasteiger partial charge in [-0.1, -0.05) is 6.07 Å². The zero-order valence-corrected chi connectivity index (χ0v) is 10.9. The first kappa shape index (κ1) is 9.54. The molecule has 0 unspecified atom stereocenters. The summed E-state index contributed by atoms with van der Waals surface area (Å²) in [5, 5.41) is 8.98. The third-order valence-corrected chi connectivity index (χ3v) is 3.54. The van der Waals surface area contributed by atoms with Crippen molar-refractivity contribution in [2.45, 2.75) is 45.7 Å². The van der Waals surface area contributed by atoms with Crippen molar-refractivity contribution in [3.63, 3.8) is 0 Å². The largest absolute Gasteiger partial charge is 0.496 e. The van der Waals surface area contributed by atoms with Crippen molar-refractivity contribution in [3.05, 3.63) is 23.5 Å². The van der Waals surface area contributed by atoms with E-state index in [4.69, 9.17) is 18.7 Å². The second-order valence-corrected chi connectivity index (χ2v) is 5.36. The van der Waals surface area contributed by atoms with Gasteiger partial charge in [0.2, 0.25) is 0 Å². The van der Waals surface area contributed by atoms with Crippen molar-refractivity contribution in [1.82, 2.24) is 4.98 Å². The molecule has 4 nitrogen and oxygen atoms in total. The van der Waals surface area contributed by atoms with Gasteiger partial charge in [0, 0.05) is 15.8 Å². The van der Waals surface area contributed by atoms with Gasteiger partial charge in [0.15, 0.2) is 0 Å². The molecule has 0 saturated carbocycles. The molecular weight excluding hydrogens is 227 g/mol. The first-order valence-electron chi connectivity index (χ1n) is 7.24. The number of rotatable bonds is 1. The number of aromatic nitrogens is 1. The highest BCUT2D eigenvalue weighted by Gasteiger charge is 2.51. The van der Waals surface area contributed by atoms with Crippen LogP contribution >= 0.6 is 0 Å². The van der Waals surface area contributed by atoms with Crippen LogP contribution in [0.1, 0.15) is 43.1 Å². The molecule has 0 N–H and O–H groups in total. The number of hydrogen-bond donors (Lipinski definition) is 0. The summed E-state index contributed by atoms with van der Waals surface area (Å²) in [6.07, 6.45) is 1.43. The molecule has 1 aromatic rings. The molecule has 1 aromatic heterocycles. The lowest BCUT2D eigenvalue weighted by Gasteiger charge is -2.32. The summed E-state index contributed by atoms with van der Waals surface area (Å²) in [6.45, 7) is 5.24. The van der Waals surface area contributed by atoms with Crippen molar-refractivity contribution in [2.75, 3.05) is 0 Å². The van der Waals surface area contributed by atoms with Gasteiger partial charge >= 0.3 is 7.12 Å². The lowest BCUT2D eigenvalue weighted by Crippen LogP contribution is -2.41. The van der Waals surface area contributed by atoms with Crippen LogP contribution in [0.25, 0.3) is 0 Å². The van der Waals surface area contributed by atoms with Crippen LogP contribution in [0.2, 0.25) is 0 Å². The molecule has 94 valence electrons. The molecule has 5 heteroatoms. The second-order valence-electron chi connectivity index (χ2n) is 5.36. The van der Waals surface area contributed by atoms with Crippen LogP contribution in [0.15, 0.2) is 12.3 Å². The highest BCUT2D eigenvalue weighted by Crippen LogP contribution is 2.36. The molecule has 0 aliphatic carbocycles. The monoisotopic (exact) mass is 247 g/mol. The highest BCUT2D eigenvalue weighted by atomic mass is 16.7. The van der Waals surface area contributed by atoms with Crippen LogP contribution < -0.4 is 5.46 Å². The molecule has 1 fully saturated rings. The number of nitriles is 1. The predicted octanol–water partition coefficient (Wildman–Crippen LogP) is 1.56. The zero-order chi connectivity index (χ0) is 16.1. The molecule has 0 spiro atoms. The van der Waals surface area contributed by atoms with Crippen molar-refractivity contribution in [1.29, 1.82) is 5.26 Å². The summed E-state index contributed by atoms with van der Waals surface area (Å²) in [4.78, 5) is 3.92. The Labute approximate surface area is 112 Å². The van der Waals surface area contributed by atoms with Crippen molar-refractivity contribution >= 4 is 12.6 Å². The molecule has 1 aliphatic heterocycles. The molecule has 1 saturated heterocycles. The average molecular weight is 247 g/mol. The van der Waals surface area contributed by atoms with Gasteiger partial charge in [-0.05, 0) is 40.1 Å². The summed E-state index contributed by atoms with van der Waals surface area (Å²) in [5.74, 6) is 0. The molecule has 0 bridgehead atoms. The molecular formula is C13H17BN2O2. The Balaban J connectivity index is 2.42. The van der Waals surface area contributed by atoms with Gasteiger partial charge in [-0.25, -0.2) is 4.98 Å². The van der Waals surface area contributed by atoms with E-state index in [2.05, 4.69) is 4.98 Å². The maximum Gasteiger partial charge on any atom is 0.496 e. The summed E-state index contributed by atoms with van der Waals surface area (Å²) in [5.41, 5.74) is -0.733. The van der Waals surface area contributed by atoms with Gasteiger partial charge in [0.1, 0.15) is 11.8 Å². The van der Waals surface area contributed by atoms with E-state index in [0.717, 1.165) is 0 Å². The maximum atomic E-state index is 8.98. The number of hydrogen-bond acceptors (Lipinski definition) is 4. The first-order chi connectivity index (χ1) is 9.48. The third-order valence-electron chi connectivity index (χ3n) is 3.54. The van der Waals surface area contributed by atoms with Gasteiger partial charge in [-0.15, -0.1) is 0 Å². The molecule has 1 aliphatic rings. The average Bonchev–Trinajstić information content (AvgIpc) is 2.56. The van der Waals surface area contributed by atoms with E-state index in [0.29, 0.717) is 5.46 Å². The Kier molecular flexibility index (Phi) is 2.16. The van der Waals surface area contributed by atoms with Gasteiger partial charge in [0.25, 0.3) is 0 Å². The summed E-state index contributed by atoms with van der Waals surface area (Å²) < 4.78 is 34.2. The fourth-order valence-electron chi connectivity index (χ4n) is 1.68. The molecule has 18 heavy (non-hydrogen) atoms. The second kappa shape index (κ2) is 4.08. The molecule has 0 amide bonds. The topological polar surface area (TPSA) is 55.1 Å². The minimum Gasteiger partial charge on any atom is -0.399 e. The highest BCUT2D eigenvalue weighted by molar-refractivity contribution is 6.62. The van der Waals surface area contributed by atoms with E-state index in [1.165, 1.54) is 12.3 Å². The van der Waals surface area contributed by atoms with Crippen LogP contribution in [0, 0.1) is 18.2 Å². The summed E-state index contributed by atoms with van der Waals surface area (Å²) in [6, 6.07) is 3.22. The van der Waals surface area contributed by atoms with Crippen LogP contribution in [0.4, 0.5) is 0 Å². The first-order valence-corrected chi connectivity index (χ1v) is 5.74. The molecule has 2 rings (SSSR count). The third kappa shape index (κ3) is 2.02. The Morgan fingerprint density at radius 3 is 2.44 bits per heavy atom. The minimum atomic E-state index is -2.41. The Bertz CT molecular complexity index is 592. The SMILES string of the molecule is [2H]C([2H])([2H])c1cc(B2OC(C)(C)C(C)(C)O2)cnc1C#N. The van der Waals surface area contributed by atoms with E-state index in [1.807, 2.05) is 27.7 Å². The summed E-state index contributed by atoms with van der Waals surface area (Å²) in [7, 11) is -0.698. The Morgan fingerprint density at radius 2 is 1.94 bits per heavy atom. The zero-order valence-electron chi connectivity index (χ0n) is 13.9. The van der Waals surface area contributed by atoms with E-state index < -0.39 is 25.2 Å². The Morgan fingerprint density at radius 1 is 1.33 bits per heavy atom. The summed E-state index contributed by atoms with van der Waals surface area (Å²) >= 11 is 0. The van der Waals surface area contributed by atoms with Crippen LogP contribution in [-0.2, 0) is 9.31 Å². The van der Waals surface area contributed by atoms with E-state index >= 15 is 0 Å². The van der Waals surface area contributed by atoms with Gasteiger partial charge in [0.05, 0.1) is 11.2 Å². The standard InChI is InChI=1S/C13H17BN2O2/c1-9-6-10(8-16-11(9)7-15)14-17-12(2,3)13(4,5)18-14/h6,8H,1-5H3/i1D3. The van der Waals surface area contributed by atoms with Gasteiger partial charge in [-0.2, -0.15) is 5.26 Å². The van der Waals surface area contributed by atoms with E-state index in [-0.39, 0.29) is 11.3 Å². The van der Waals surface area contributed by atoms with Crippen molar-refractivity contribution in [3.8, 4) is 6.07 Å². The van der Waals surface area contributed by atoms with Crippen LogP contribution in [0.5, 0.6) is 0 Å². The van der Waals surface area contributed by atoms with E-state index in [1.54, 1.807) is 6.07 Å².